The lowest BCUT2D eigenvalue weighted by Crippen LogP contribution is -2.09. The molecule has 0 fully saturated rings. The molecule has 0 saturated heterocycles. The Morgan fingerprint density at radius 1 is 1.38 bits per heavy atom. The van der Waals surface area contributed by atoms with Crippen molar-refractivity contribution in [1.29, 1.82) is 0 Å². The number of benzene rings is 1. The van der Waals surface area contributed by atoms with Crippen LogP contribution in [0.4, 0.5) is 0 Å². The lowest BCUT2D eigenvalue weighted by molar-refractivity contribution is 0.0376. The fourth-order valence-electron chi connectivity index (χ4n) is 2.89. The van der Waals surface area contributed by atoms with Crippen molar-refractivity contribution in [3.8, 4) is 0 Å². The summed E-state index contributed by atoms with van der Waals surface area (Å²) in [5, 5.41) is 1.07. The number of carbonyl (C=O) groups excluding carboxylic acids is 1. The molecule has 1 unspecified atom stereocenters. The molecular weight excluding hydrogens is 266 g/mol. The first-order valence-corrected chi connectivity index (χ1v) is 7.08. The van der Waals surface area contributed by atoms with Crippen LogP contribution in [0.3, 0.4) is 0 Å². The molecule has 4 heteroatoms. The van der Waals surface area contributed by atoms with Gasteiger partial charge >= 0.3 is 5.97 Å². The van der Waals surface area contributed by atoms with E-state index in [2.05, 4.69) is 6.08 Å². The van der Waals surface area contributed by atoms with Gasteiger partial charge in [0.05, 0.1) is 5.52 Å². The summed E-state index contributed by atoms with van der Waals surface area (Å²) in [6, 6.07) is 8.01. The van der Waals surface area contributed by atoms with Crippen LogP contribution in [0.5, 0.6) is 0 Å². The number of methoxy groups -OCH3 is 1. The number of hydrogen-bond acceptors (Lipinski definition) is 3. The minimum absolute atomic E-state index is 0.203. The number of esters is 1. The maximum atomic E-state index is 12.3. The summed E-state index contributed by atoms with van der Waals surface area (Å²) < 4.78 is 12.7. The first kappa shape index (κ1) is 13.9. The second kappa shape index (κ2) is 5.37. The Kier molecular flexibility index (Phi) is 3.55. The Morgan fingerprint density at radius 2 is 2.14 bits per heavy atom. The van der Waals surface area contributed by atoms with E-state index in [0.717, 1.165) is 16.5 Å². The van der Waals surface area contributed by atoms with E-state index in [1.54, 1.807) is 7.11 Å². The van der Waals surface area contributed by atoms with Crippen molar-refractivity contribution in [2.75, 3.05) is 7.11 Å². The number of allylic oxidation sites excluding steroid dienone is 1. The van der Waals surface area contributed by atoms with Crippen molar-refractivity contribution in [2.24, 2.45) is 0 Å². The summed E-state index contributed by atoms with van der Waals surface area (Å²) in [4.78, 5) is 12.3. The van der Waals surface area contributed by atoms with Crippen LogP contribution in [0.15, 0.2) is 35.9 Å². The number of hydrogen-bond donors (Lipinski definition) is 0. The summed E-state index contributed by atoms with van der Waals surface area (Å²) in [5.74, 6) is -0.259. The van der Waals surface area contributed by atoms with Crippen molar-refractivity contribution in [2.45, 2.75) is 33.1 Å². The van der Waals surface area contributed by atoms with Crippen LogP contribution in [-0.2, 0) is 16.2 Å². The zero-order chi connectivity index (χ0) is 15.0. The van der Waals surface area contributed by atoms with Crippen LogP contribution in [0.2, 0.25) is 0 Å². The van der Waals surface area contributed by atoms with Gasteiger partial charge in [-0.2, -0.15) is 0 Å². The summed E-state index contributed by atoms with van der Waals surface area (Å²) in [7, 11) is 1.63. The topological polar surface area (TPSA) is 40.5 Å². The molecule has 2 heterocycles. The smallest absolute Gasteiger partial charge is 0.356 e. The summed E-state index contributed by atoms with van der Waals surface area (Å²) in [6.07, 6.45) is 2.61. The van der Waals surface area contributed by atoms with Gasteiger partial charge in [0.2, 0.25) is 0 Å². The molecule has 0 radical (unpaired) electrons. The van der Waals surface area contributed by atoms with E-state index in [0.29, 0.717) is 18.8 Å². The molecule has 0 bridgehead atoms. The van der Waals surface area contributed by atoms with Gasteiger partial charge in [-0.25, -0.2) is 4.79 Å². The van der Waals surface area contributed by atoms with Crippen LogP contribution < -0.4 is 0 Å². The van der Waals surface area contributed by atoms with Gasteiger partial charge in [0, 0.05) is 24.5 Å². The van der Waals surface area contributed by atoms with E-state index in [1.807, 2.05) is 42.7 Å². The fourth-order valence-corrected chi connectivity index (χ4v) is 2.89. The second-order valence-electron chi connectivity index (χ2n) is 5.54. The molecule has 4 nitrogen and oxygen atoms in total. The number of aromatic nitrogens is 1. The minimum atomic E-state index is -0.259. The molecule has 0 spiro atoms. The fraction of sp³-hybridized carbons (Fsp3) is 0.353. The average Bonchev–Trinajstić information content (AvgIpc) is 2.95. The van der Waals surface area contributed by atoms with Crippen LogP contribution in [0.1, 0.15) is 42.4 Å². The van der Waals surface area contributed by atoms with Gasteiger partial charge in [-0.15, -0.1) is 0 Å². The van der Waals surface area contributed by atoms with Gasteiger partial charge in [0.1, 0.15) is 18.5 Å². The van der Waals surface area contributed by atoms with Gasteiger partial charge in [-0.05, 0) is 19.9 Å². The highest BCUT2D eigenvalue weighted by molar-refractivity contribution is 6.02. The maximum Gasteiger partial charge on any atom is 0.356 e. The lowest BCUT2D eigenvalue weighted by Gasteiger charge is -2.09. The number of nitrogens with zero attached hydrogens (tertiary/aromatic N) is 1. The number of carbonyl (C=O) groups is 1. The Hall–Kier alpha value is -2.07. The third kappa shape index (κ3) is 2.25. The normalized spacial score (nSPS) is 16.9. The van der Waals surface area contributed by atoms with Crippen LogP contribution in [0, 0.1) is 0 Å². The third-order valence-electron chi connectivity index (χ3n) is 3.77. The molecule has 21 heavy (non-hydrogen) atoms. The average molecular weight is 285 g/mol. The molecule has 1 atom stereocenters. The molecule has 0 aliphatic carbocycles. The zero-order valence-corrected chi connectivity index (χ0v) is 12.6. The molecule has 1 aliphatic heterocycles. The van der Waals surface area contributed by atoms with Crippen molar-refractivity contribution in [3.63, 3.8) is 0 Å². The van der Waals surface area contributed by atoms with Crippen molar-refractivity contribution < 1.29 is 14.3 Å². The second-order valence-corrected chi connectivity index (χ2v) is 5.54. The van der Waals surface area contributed by atoms with E-state index in [9.17, 15) is 4.79 Å². The van der Waals surface area contributed by atoms with E-state index < -0.39 is 0 Å². The first-order chi connectivity index (χ1) is 10.1. The Labute approximate surface area is 124 Å². The largest absolute Gasteiger partial charge is 0.452 e. The summed E-state index contributed by atoms with van der Waals surface area (Å²) in [6.45, 7) is 4.44. The molecule has 1 aromatic carbocycles. The van der Waals surface area contributed by atoms with Gasteiger partial charge in [-0.3, -0.25) is 0 Å². The van der Waals surface area contributed by atoms with Crippen molar-refractivity contribution in [1.82, 2.24) is 4.57 Å². The number of rotatable bonds is 4. The first-order valence-electron chi connectivity index (χ1n) is 7.08. The van der Waals surface area contributed by atoms with Crippen LogP contribution >= 0.6 is 0 Å². The van der Waals surface area contributed by atoms with Gasteiger partial charge < -0.3 is 14.0 Å². The van der Waals surface area contributed by atoms with Gasteiger partial charge in [-0.1, -0.05) is 29.8 Å². The molecule has 0 saturated carbocycles. The minimum Gasteiger partial charge on any atom is -0.452 e. The number of fused-ring (bicyclic) bond motifs is 3. The molecule has 110 valence electrons. The van der Waals surface area contributed by atoms with Crippen molar-refractivity contribution >= 4 is 16.9 Å². The third-order valence-corrected chi connectivity index (χ3v) is 3.77. The van der Waals surface area contributed by atoms with Crippen molar-refractivity contribution in [3.05, 3.63) is 47.2 Å². The predicted molar refractivity (Wildman–Crippen MR) is 81.2 cm³/mol. The molecule has 3 rings (SSSR count). The predicted octanol–water partition coefficient (Wildman–Crippen LogP) is 3.81. The maximum absolute atomic E-state index is 12.3. The Bertz CT molecular complexity index is 723. The highest BCUT2D eigenvalue weighted by atomic mass is 16.6. The summed E-state index contributed by atoms with van der Waals surface area (Å²) in [5.41, 5.74) is 3.86. The van der Waals surface area contributed by atoms with Crippen LogP contribution in [-0.4, -0.2) is 17.6 Å². The molecule has 0 N–H and O–H groups in total. The molecule has 0 amide bonds. The highest BCUT2D eigenvalue weighted by Crippen LogP contribution is 2.40. The standard InChI is InChI=1S/C17H19NO3/c1-11(2)8-9-14-15-12-6-4-5-7-13(12)18(10-20-3)16(15)17(19)21-14/h4-8,14H,9-10H2,1-3H3. The molecule has 1 aliphatic rings. The molecule has 1 aromatic heterocycles. The molecular formula is C17H19NO3. The van der Waals surface area contributed by atoms with E-state index >= 15 is 0 Å². The Morgan fingerprint density at radius 3 is 2.86 bits per heavy atom. The van der Waals surface area contributed by atoms with E-state index in [1.165, 1.54) is 5.57 Å². The van der Waals surface area contributed by atoms with Crippen LogP contribution in [0.25, 0.3) is 10.9 Å². The Balaban J connectivity index is 2.17. The highest BCUT2D eigenvalue weighted by Gasteiger charge is 2.36. The molecule has 2 aromatic rings. The monoisotopic (exact) mass is 285 g/mol. The quantitative estimate of drug-likeness (QED) is 0.633. The van der Waals surface area contributed by atoms with Gasteiger partial charge in [0.15, 0.2) is 0 Å². The number of ether oxygens (including phenoxy) is 2. The lowest BCUT2D eigenvalue weighted by atomic mass is 10.0. The zero-order valence-electron chi connectivity index (χ0n) is 12.6. The van der Waals surface area contributed by atoms with E-state index in [-0.39, 0.29) is 12.1 Å². The number of cyclic esters (lactones) is 1. The SMILES string of the molecule is COCn1c2c(c3ccccc31)C(CC=C(C)C)OC2=O. The summed E-state index contributed by atoms with van der Waals surface area (Å²) >= 11 is 0. The van der Waals surface area contributed by atoms with E-state index in [4.69, 9.17) is 9.47 Å². The van der Waals surface area contributed by atoms with Gasteiger partial charge in [0.25, 0.3) is 0 Å². The number of para-hydroxylation sites is 1.